The quantitative estimate of drug-likeness (QED) is 0.520. The molecule has 1 unspecified atom stereocenters. The molecule has 1 saturated heterocycles. The minimum absolute atomic E-state index is 0.0368. The highest BCUT2D eigenvalue weighted by Gasteiger charge is 2.38. The summed E-state index contributed by atoms with van der Waals surface area (Å²) < 4.78 is 2.11. The highest BCUT2D eigenvalue weighted by molar-refractivity contribution is 6.03. The monoisotopic (exact) mass is 426 g/mol. The van der Waals surface area contributed by atoms with E-state index >= 15 is 0 Å². The van der Waals surface area contributed by atoms with Crippen molar-refractivity contribution in [1.82, 2.24) is 19.7 Å². The fraction of sp³-hybridized carbons (Fsp3) is 0.320. The second-order valence-corrected chi connectivity index (χ2v) is 8.89. The summed E-state index contributed by atoms with van der Waals surface area (Å²) in [6.07, 6.45) is 4.74. The van der Waals surface area contributed by atoms with Crippen LogP contribution in [0.15, 0.2) is 54.7 Å². The van der Waals surface area contributed by atoms with Crippen LogP contribution in [0.4, 0.5) is 11.6 Å². The van der Waals surface area contributed by atoms with Crippen LogP contribution >= 0.6 is 0 Å². The highest BCUT2D eigenvalue weighted by Crippen LogP contribution is 2.41. The number of para-hydroxylation sites is 2. The summed E-state index contributed by atoms with van der Waals surface area (Å²) in [5.74, 6) is 2.33. The van der Waals surface area contributed by atoms with Crippen molar-refractivity contribution in [2.24, 2.45) is 13.0 Å². The Morgan fingerprint density at radius 2 is 1.81 bits per heavy atom. The van der Waals surface area contributed by atoms with Crippen LogP contribution in [0, 0.1) is 5.92 Å². The smallest absolute Gasteiger partial charge is 0.232 e. The van der Waals surface area contributed by atoms with Crippen molar-refractivity contribution in [3.05, 3.63) is 71.7 Å². The molecule has 1 atom stereocenters. The Labute approximate surface area is 186 Å². The minimum atomic E-state index is -0.0368. The number of amides is 1. The van der Waals surface area contributed by atoms with Gasteiger partial charge in [0.05, 0.1) is 5.92 Å². The summed E-state index contributed by atoms with van der Waals surface area (Å²) >= 11 is 0. The van der Waals surface area contributed by atoms with Crippen molar-refractivity contribution in [3.63, 3.8) is 0 Å². The van der Waals surface area contributed by atoms with Gasteiger partial charge in [-0.05, 0) is 42.0 Å². The summed E-state index contributed by atoms with van der Waals surface area (Å²) in [6.45, 7) is 1.77. The number of carbonyl (C=O) groups excluding carboxylic acids is 1. The van der Waals surface area contributed by atoms with Crippen LogP contribution in [0.3, 0.4) is 0 Å². The standard InChI is InChI=1S/C25H26N6O/c1-30-22(14-17-15-26-20-8-4-2-6-18(17)20)28-29-25(30)31-12-10-16(11-13-31)23-19-7-3-5-9-21(19)27-24(23)32/h2-9,15-16,23,26H,10-14H2,1H3,(H,27,32). The molecular formula is C25H26N6O. The molecule has 162 valence electrons. The lowest BCUT2D eigenvalue weighted by Gasteiger charge is -2.34. The fourth-order valence-electron chi connectivity index (χ4n) is 5.36. The van der Waals surface area contributed by atoms with Gasteiger partial charge in [-0.2, -0.15) is 0 Å². The maximum atomic E-state index is 12.6. The number of nitrogens with one attached hydrogen (secondary N) is 2. The number of H-pyrrole nitrogens is 1. The Morgan fingerprint density at radius 1 is 1.03 bits per heavy atom. The lowest BCUT2D eigenvalue weighted by Crippen LogP contribution is -2.38. The van der Waals surface area contributed by atoms with Gasteiger partial charge in [-0.3, -0.25) is 4.79 Å². The van der Waals surface area contributed by atoms with Crippen molar-refractivity contribution in [2.45, 2.75) is 25.2 Å². The molecule has 4 aromatic rings. The van der Waals surface area contributed by atoms with E-state index in [0.717, 1.165) is 60.9 Å². The Morgan fingerprint density at radius 3 is 2.69 bits per heavy atom. The minimum Gasteiger partial charge on any atom is -0.361 e. The first-order chi connectivity index (χ1) is 15.7. The summed E-state index contributed by atoms with van der Waals surface area (Å²) in [5, 5.41) is 13.3. The van der Waals surface area contributed by atoms with Gasteiger partial charge in [0, 0.05) is 49.3 Å². The van der Waals surface area contributed by atoms with E-state index in [9.17, 15) is 4.79 Å². The molecule has 1 fully saturated rings. The van der Waals surface area contributed by atoms with Crippen LogP contribution in [0.5, 0.6) is 0 Å². The van der Waals surface area contributed by atoms with Crippen LogP contribution in [0.2, 0.25) is 0 Å². The Bertz CT molecular complexity index is 1300. The van der Waals surface area contributed by atoms with E-state index in [1.165, 1.54) is 10.9 Å². The van der Waals surface area contributed by atoms with Gasteiger partial charge in [-0.25, -0.2) is 0 Å². The summed E-state index contributed by atoms with van der Waals surface area (Å²) in [5.41, 5.74) is 4.49. The van der Waals surface area contributed by atoms with Gasteiger partial charge < -0.3 is 19.8 Å². The van der Waals surface area contributed by atoms with Crippen molar-refractivity contribution in [1.29, 1.82) is 0 Å². The molecular weight excluding hydrogens is 400 g/mol. The van der Waals surface area contributed by atoms with Crippen LogP contribution < -0.4 is 10.2 Å². The first-order valence-electron chi connectivity index (χ1n) is 11.3. The number of aromatic amines is 1. The molecule has 4 heterocycles. The zero-order valence-corrected chi connectivity index (χ0v) is 18.1. The van der Waals surface area contributed by atoms with Gasteiger partial charge >= 0.3 is 0 Å². The summed E-state index contributed by atoms with van der Waals surface area (Å²) in [6, 6.07) is 16.4. The SMILES string of the molecule is Cn1c(Cc2c[nH]c3ccccc23)nnc1N1CCC(C2C(=O)Nc3ccccc32)CC1. The molecule has 32 heavy (non-hydrogen) atoms. The zero-order valence-electron chi connectivity index (χ0n) is 18.1. The lowest BCUT2D eigenvalue weighted by atomic mass is 9.81. The number of nitrogens with zero attached hydrogens (tertiary/aromatic N) is 4. The summed E-state index contributed by atoms with van der Waals surface area (Å²) in [4.78, 5) is 18.3. The van der Waals surface area contributed by atoms with E-state index in [2.05, 4.69) is 60.4 Å². The first-order valence-corrected chi connectivity index (χ1v) is 11.3. The molecule has 7 nitrogen and oxygen atoms in total. The predicted molar refractivity (Wildman–Crippen MR) is 125 cm³/mol. The second-order valence-electron chi connectivity index (χ2n) is 8.89. The van der Waals surface area contributed by atoms with E-state index in [1.54, 1.807) is 0 Å². The molecule has 0 saturated carbocycles. The zero-order chi connectivity index (χ0) is 21.7. The molecule has 0 bridgehead atoms. The van der Waals surface area contributed by atoms with Gasteiger partial charge in [0.1, 0.15) is 5.82 Å². The average molecular weight is 427 g/mol. The number of aromatic nitrogens is 4. The number of rotatable bonds is 4. The van der Waals surface area contributed by atoms with Crippen LogP contribution in [-0.4, -0.2) is 38.7 Å². The van der Waals surface area contributed by atoms with E-state index in [-0.39, 0.29) is 11.8 Å². The largest absolute Gasteiger partial charge is 0.361 e. The molecule has 2 aliphatic heterocycles. The molecule has 1 amide bonds. The number of hydrogen-bond acceptors (Lipinski definition) is 4. The number of carbonyl (C=O) groups is 1. The Kier molecular flexibility index (Phi) is 4.48. The van der Waals surface area contributed by atoms with Crippen molar-refractivity contribution in [3.8, 4) is 0 Å². The van der Waals surface area contributed by atoms with Gasteiger partial charge in [0.15, 0.2) is 0 Å². The maximum Gasteiger partial charge on any atom is 0.232 e. The molecule has 0 aliphatic carbocycles. The molecule has 2 N–H and O–H groups in total. The Hall–Kier alpha value is -3.61. The number of benzene rings is 2. The van der Waals surface area contributed by atoms with E-state index in [1.807, 2.05) is 31.3 Å². The van der Waals surface area contributed by atoms with Gasteiger partial charge in [-0.1, -0.05) is 36.4 Å². The third kappa shape index (κ3) is 3.07. The average Bonchev–Trinajstić information content (AvgIpc) is 3.49. The van der Waals surface area contributed by atoms with Crippen LogP contribution in [0.25, 0.3) is 10.9 Å². The maximum absolute atomic E-state index is 12.6. The first kappa shape index (κ1) is 19.1. The molecule has 6 rings (SSSR count). The van der Waals surface area contributed by atoms with Gasteiger partial charge in [0.25, 0.3) is 0 Å². The topological polar surface area (TPSA) is 78.8 Å². The number of fused-ring (bicyclic) bond motifs is 2. The van der Waals surface area contributed by atoms with Crippen molar-refractivity contribution >= 4 is 28.4 Å². The van der Waals surface area contributed by atoms with Crippen molar-refractivity contribution < 1.29 is 4.79 Å². The third-order valence-electron chi connectivity index (χ3n) is 7.10. The number of piperidine rings is 1. The summed E-state index contributed by atoms with van der Waals surface area (Å²) in [7, 11) is 2.05. The van der Waals surface area contributed by atoms with E-state index in [0.29, 0.717) is 5.92 Å². The van der Waals surface area contributed by atoms with Gasteiger partial charge in [-0.15, -0.1) is 10.2 Å². The second kappa shape index (κ2) is 7.51. The molecule has 0 radical (unpaired) electrons. The fourth-order valence-corrected chi connectivity index (χ4v) is 5.36. The van der Waals surface area contributed by atoms with E-state index < -0.39 is 0 Å². The number of hydrogen-bond donors (Lipinski definition) is 2. The Balaban J connectivity index is 1.17. The van der Waals surface area contributed by atoms with Crippen LogP contribution in [0.1, 0.15) is 35.7 Å². The predicted octanol–water partition coefficient (Wildman–Crippen LogP) is 3.84. The lowest BCUT2D eigenvalue weighted by molar-refractivity contribution is -0.118. The number of anilines is 2. The third-order valence-corrected chi connectivity index (χ3v) is 7.10. The molecule has 0 spiro atoms. The molecule has 2 aromatic carbocycles. The normalized spacial score (nSPS) is 18.8. The molecule has 7 heteroatoms. The van der Waals surface area contributed by atoms with Gasteiger partial charge in [0.2, 0.25) is 11.9 Å². The molecule has 2 aromatic heterocycles. The van der Waals surface area contributed by atoms with E-state index in [4.69, 9.17) is 0 Å². The van der Waals surface area contributed by atoms with Crippen LogP contribution in [-0.2, 0) is 18.3 Å². The van der Waals surface area contributed by atoms with Crippen molar-refractivity contribution in [2.75, 3.05) is 23.3 Å². The molecule has 2 aliphatic rings. The highest BCUT2D eigenvalue weighted by atomic mass is 16.2.